The molecule has 1 aliphatic heterocycles. The molecule has 2 aliphatic rings. The summed E-state index contributed by atoms with van der Waals surface area (Å²) in [5.74, 6) is -0.317. The minimum absolute atomic E-state index is 0.0593. The first-order chi connectivity index (χ1) is 25.5. The van der Waals surface area contributed by atoms with Crippen LogP contribution < -0.4 is 9.47 Å². The van der Waals surface area contributed by atoms with Gasteiger partial charge in [-0.2, -0.15) is 4.57 Å². The number of carboxylic acid groups (broad SMARTS) is 1. The molecule has 1 fully saturated rings. The summed E-state index contributed by atoms with van der Waals surface area (Å²) in [6, 6.07) is 47.7. The maximum atomic E-state index is 11.4. The van der Waals surface area contributed by atoms with Crippen LogP contribution >= 0.6 is 0 Å². The van der Waals surface area contributed by atoms with E-state index < -0.39 is 5.97 Å². The topological polar surface area (TPSA) is 44.4 Å². The van der Waals surface area contributed by atoms with E-state index in [9.17, 15) is 9.90 Å². The van der Waals surface area contributed by atoms with Gasteiger partial charge in [0.1, 0.15) is 0 Å². The molecule has 0 saturated heterocycles. The van der Waals surface area contributed by atoms with Crippen LogP contribution in [0.1, 0.15) is 85.3 Å². The van der Waals surface area contributed by atoms with Gasteiger partial charge in [0.15, 0.2) is 6.20 Å². The Hall–Kier alpha value is -5.74. The van der Waals surface area contributed by atoms with Crippen LogP contribution in [-0.2, 0) is 11.3 Å². The second kappa shape index (κ2) is 16.1. The SMILES string of the molecule is CCCC.O=C(O)C[n+]1ccc(/C=C/c2ccc3c(c2)C2CCCC2N3c2ccc(C=C(c3ccccc3)c3ccccc3)cc2)c2ccccc21. The third-order valence-corrected chi connectivity index (χ3v) is 10.4. The summed E-state index contributed by atoms with van der Waals surface area (Å²) in [6.45, 7) is 4.30. The number of aromatic nitrogens is 1. The number of carbonyl (C=O) groups is 1. The van der Waals surface area contributed by atoms with Crippen LogP contribution in [0, 0.1) is 0 Å². The van der Waals surface area contributed by atoms with Crippen molar-refractivity contribution in [3.8, 4) is 0 Å². The van der Waals surface area contributed by atoms with E-state index in [0.717, 1.165) is 16.5 Å². The number of pyridine rings is 1. The van der Waals surface area contributed by atoms with Gasteiger partial charge in [-0.3, -0.25) is 0 Å². The summed E-state index contributed by atoms with van der Waals surface area (Å²) in [6.07, 6.45) is 14.8. The first-order valence-electron chi connectivity index (χ1n) is 18.7. The highest BCUT2D eigenvalue weighted by Gasteiger charge is 2.42. The molecule has 1 saturated carbocycles. The Labute approximate surface area is 308 Å². The zero-order chi connectivity index (χ0) is 35.9. The van der Waals surface area contributed by atoms with Gasteiger partial charge in [-0.1, -0.05) is 136 Å². The summed E-state index contributed by atoms with van der Waals surface area (Å²) in [5.41, 5.74) is 12.0. The van der Waals surface area contributed by atoms with Gasteiger partial charge in [0.25, 0.3) is 0 Å². The largest absolute Gasteiger partial charge is 0.477 e. The average molecular weight is 684 g/mol. The third-order valence-electron chi connectivity index (χ3n) is 10.4. The van der Waals surface area contributed by atoms with Gasteiger partial charge >= 0.3 is 5.97 Å². The third kappa shape index (κ3) is 7.48. The Morgan fingerprint density at radius 2 is 1.40 bits per heavy atom. The van der Waals surface area contributed by atoms with Crippen molar-refractivity contribution in [1.82, 2.24) is 0 Å². The summed E-state index contributed by atoms with van der Waals surface area (Å²) < 4.78 is 1.79. The highest BCUT2D eigenvalue weighted by Crippen LogP contribution is 2.52. The Morgan fingerprint density at radius 1 is 0.750 bits per heavy atom. The number of benzene rings is 5. The molecule has 2 atom stereocenters. The first kappa shape index (κ1) is 34.7. The quantitative estimate of drug-likeness (QED) is 0.122. The Kier molecular flexibility index (Phi) is 10.7. The van der Waals surface area contributed by atoms with Crippen molar-refractivity contribution in [2.75, 3.05) is 4.90 Å². The summed E-state index contributed by atoms with van der Waals surface area (Å²) in [5, 5.41) is 10.4. The number of unbranched alkanes of at least 4 members (excludes halogenated alkanes) is 1. The molecule has 8 rings (SSSR count). The van der Waals surface area contributed by atoms with Crippen LogP contribution in [0.5, 0.6) is 0 Å². The van der Waals surface area contributed by atoms with E-state index in [1.54, 1.807) is 4.57 Å². The molecule has 1 aliphatic carbocycles. The first-order valence-corrected chi connectivity index (χ1v) is 18.7. The zero-order valence-corrected chi connectivity index (χ0v) is 30.2. The number of anilines is 2. The normalized spacial score (nSPS) is 15.9. The Bertz CT molecular complexity index is 2160. The molecule has 0 amide bonds. The zero-order valence-electron chi connectivity index (χ0n) is 30.2. The van der Waals surface area contributed by atoms with Crippen molar-refractivity contribution < 1.29 is 14.5 Å². The van der Waals surface area contributed by atoms with Gasteiger partial charge in [0, 0.05) is 35.5 Å². The molecule has 52 heavy (non-hydrogen) atoms. The highest BCUT2D eigenvalue weighted by molar-refractivity contribution is 5.92. The van der Waals surface area contributed by atoms with Gasteiger partial charge in [0.05, 0.1) is 5.39 Å². The number of para-hydroxylation sites is 1. The molecule has 0 radical (unpaired) electrons. The number of fused-ring (bicyclic) bond motifs is 4. The lowest BCUT2D eigenvalue weighted by Gasteiger charge is -2.27. The van der Waals surface area contributed by atoms with Crippen molar-refractivity contribution >= 4 is 52.0 Å². The molecule has 0 spiro atoms. The van der Waals surface area contributed by atoms with Crippen molar-refractivity contribution in [2.45, 2.75) is 64.5 Å². The number of aliphatic carboxylic acids is 1. The van der Waals surface area contributed by atoms with Gasteiger partial charge in [-0.15, -0.1) is 0 Å². The fourth-order valence-corrected chi connectivity index (χ4v) is 7.70. The molecule has 6 aromatic rings. The van der Waals surface area contributed by atoms with Crippen molar-refractivity contribution in [3.63, 3.8) is 0 Å². The molecule has 0 bridgehead atoms. The lowest BCUT2D eigenvalue weighted by molar-refractivity contribution is -0.660. The maximum Gasteiger partial charge on any atom is 0.370 e. The van der Waals surface area contributed by atoms with Crippen LogP contribution in [0.25, 0.3) is 34.7 Å². The Morgan fingerprint density at radius 3 is 2.08 bits per heavy atom. The van der Waals surface area contributed by atoms with Crippen molar-refractivity contribution in [1.29, 1.82) is 0 Å². The molecule has 2 unspecified atom stereocenters. The average Bonchev–Trinajstić information content (AvgIpc) is 3.79. The van der Waals surface area contributed by atoms with Crippen LogP contribution in [0.4, 0.5) is 11.4 Å². The standard InChI is InChI=1S/C44H36N2O2.C4H10/c47-44(48)30-45-27-26-35(37-14-7-8-16-41(37)45)22-18-31-21-25-43-40(29-31)38-15-9-17-42(38)46(43)36-23-19-32(20-24-36)28-39(33-10-3-1-4-11-33)34-12-5-2-6-13-34;1-3-4-2/h1-8,10-14,16,18-29,38,42H,9,15,17,30H2;3-4H2,1-2H3/p+1. The highest BCUT2D eigenvalue weighted by atomic mass is 16.4. The number of nitrogens with zero attached hydrogens (tertiary/aromatic N) is 2. The van der Waals surface area contributed by atoms with Crippen LogP contribution in [0.15, 0.2) is 140 Å². The second-order valence-corrected chi connectivity index (χ2v) is 13.8. The maximum absolute atomic E-state index is 11.4. The molecule has 2 heterocycles. The van der Waals surface area contributed by atoms with E-state index in [-0.39, 0.29) is 6.54 Å². The summed E-state index contributed by atoms with van der Waals surface area (Å²) >= 11 is 0. The van der Waals surface area contributed by atoms with Crippen LogP contribution in [-0.4, -0.2) is 17.1 Å². The summed E-state index contributed by atoms with van der Waals surface area (Å²) in [7, 11) is 0. The monoisotopic (exact) mass is 683 g/mol. The van der Waals surface area contributed by atoms with E-state index in [2.05, 4.69) is 146 Å². The molecule has 5 aromatic carbocycles. The molecule has 4 heteroatoms. The predicted molar refractivity (Wildman–Crippen MR) is 217 cm³/mol. The minimum Gasteiger partial charge on any atom is -0.477 e. The van der Waals surface area contributed by atoms with Crippen LogP contribution in [0.3, 0.4) is 0 Å². The van der Waals surface area contributed by atoms with E-state index in [1.165, 1.54) is 76.9 Å². The van der Waals surface area contributed by atoms with Gasteiger partial charge in [-0.05, 0) is 88.2 Å². The lowest BCUT2D eigenvalue weighted by atomic mass is 9.95. The molecular formula is C48H47N2O2+. The van der Waals surface area contributed by atoms with Gasteiger partial charge in [0.2, 0.25) is 12.1 Å². The predicted octanol–water partition coefficient (Wildman–Crippen LogP) is 11.6. The van der Waals surface area contributed by atoms with E-state index in [0.29, 0.717) is 12.0 Å². The second-order valence-electron chi connectivity index (χ2n) is 13.8. The summed E-state index contributed by atoms with van der Waals surface area (Å²) in [4.78, 5) is 14.0. The fourth-order valence-electron chi connectivity index (χ4n) is 7.70. The van der Waals surface area contributed by atoms with Gasteiger partial charge < -0.3 is 10.0 Å². The molecule has 4 nitrogen and oxygen atoms in total. The number of hydrogen-bond donors (Lipinski definition) is 1. The number of rotatable bonds is 9. The van der Waals surface area contributed by atoms with E-state index in [1.807, 2.05) is 30.5 Å². The van der Waals surface area contributed by atoms with E-state index >= 15 is 0 Å². The molecule has 1 N–H and O–H groups in total. The van der Waals surface area contributed by atoms with E-state index in [4.69, 9.17) is 0 Å². The Balaban J connectivity index is 0.00000100. The lowest BCUT2D eigenvalue weighted by Crippen LogP contribution is -2.38. The minimum atomic E-state index is -0.848. The fraction of sp³-hybridized carbons (Fsp3) is 0.208. The van der Waals surface area contributed by atoms with Gasteiger partial charge in [-0.25, -0.2) is 4.79 Å². The number of carboxylic acids is 1. The molecular weight excluding hydrogens is 637 g/mol. The number of hydrogen-bond acceptors (Lipinski definition) is 2. The van der Waals surface area contributed by atoms with Crippen molar-refractivity contribution in [3.05, 3.63) is 173 Å². The smallest absolute Gasteiger partial charge is 0.370 e. The van der Waals surface area contributed by atoms with Crippen molar-refractivity contribution in [2.24, 2.45) is 0 Å². The molecule has 1 aromatic heterocycles. The van der Waals surface area contributed by atoms with Crippen LogP contribution in [0.2, 0.25) is 0 Å². The molecule has 260 valence electrons.